The summed E-state index contributed by atoms with van der Waals surface area (Å²) in [6.45, 7) is 1.53. The molecule has 4 heteroatoms. The molecule has 0 amide bonds. The minimum Gasteiger partial charge on any atom is -0.383 e. The van der Waals surface area contributed by atoms with Crippen molar-refractivity contribution in [2.75, 3.05) is 27.4 Å². The van der Waals surface area contributed by atoms with Gasteiger partial charge in [-0.3, -0.25) is 4.18 Å². The van der Waals surface area contributed by atoms with Gasteiger partial charge in [0.2, 0.25) is 0 Å². The Hall–Kier alpha value is 0.230. The molecule has 1 atom stereocenters. The van der Waals surface area contributed by atoms with Gasteiger partial charge >= 0.3 is 0 Å². The predicted octanol–water partition coefficient (Wildman–Crippen LogP) is 0.527. The van der Waals surface area contributed by atoms with Gasteiger partial charge in [-0.1, -0.05) is 0 Å². The second kappa shape index (κ2) is 3.41. The zero-order valence-corrected chi connectivity index (χ0v) is 6.48. The van der Waals surface area contributed by atoms with E-state index in [1.54, 1.807) is 7.11 Å². The summed E-state index contributed by atoms with van der Waals surface area (Å²) in [6.07, 6.45) is 0. The van der Waals surface area contributed by atoms with Gasteiger partial charge in [-0.25, -0.2) is 4.31 Å². The van der Waals surface area contributed by atoms with Crippen molar-refractivity contribution in [2.24, 2.45) is 0 Å². The lowest BCUT2D eigenvalue weighted by molar-refractivity contribution is 0.139. The minimum absolute atomic E-state index is 0.431. The van der Waals surface area contributed by atoms with Crippen LogP contribution in [0.5, 0.6) is 0 Å². The summed E-state index contributed by atoms with van der Waals surface area (Å²) in [4.78, 5) is 0. The van der Waals surface area contributed by atoms with E-state index < -0.39 is 0 Å². The Kier molecular flexibility index (Phi) is 2.78. The van der Waals surface area contributed by atoms with Crippen LogP contribution in [0.3, 0.4) is 0 Å². The molecule has 0 radical (unpaired) electrons. The Balaban J connectivity index is 2.22. The molecule has 1 unspecified atom stereocenters. The fourth-order valence-electron chi connectivity index (χ4n) is 0.703. The highest BCUT2D eigenvalue weighted by Crippen LogP contribution is 2.21. The normalized spacial score (nSPS) is 29.3. The molecular weight excluding hydrogens is 138 g/mol. The van der Waals surface area contributed by atoms with Crippen LogP contribution in [-0.4, -0.2) is 37.7 Å². The molecule has 1 rings (SSSR count). The lowest BCUT2D eigenvalue weighted by Gasteiger charge is -2.12. The quantitative estimate of drug-likeness (QED) is 0.421. The smallest absolute Gasteiger partial charge is 0.0821 e. The third-order valence-electron chi connectivity index (χ3n) is 1.30. The van der Waals surface area contributed by atoms with E-state index in [1.165, 1.54) is 12.2 Å². The van der Waals surface area contributed by atoms with Crippen LogP contribution in [0, 0.1) is 0 Å². The van der Waals surface area contributed by atoms with Gasteiger partial charge < -0.3 is 4.74 Å². The van der Waals surface area contributed by atoms with Crippen molar-refractivity contribution in [1.29, 1.82) is 0 Å². The second-order valence-electron chi connectivity index (χ2n) is 2.01. The Morgan fingerprint density at radius 2 is 2.67 bits per heavy atom. The number of ether oxygens (including phenoxy) is 1. The SMILES string of the molecule is COCC1COSN1C. The van der Waals surface area contributed by atoms with Crippen LogP contribution in [0.1, 0.15) is 0 Å². The summed E-state index contributed by atoms with van der Waals surface area (Å²) in [6, 6.07) is 0.431. The van der Waals surface area contributed by atoms with E-state index in [-0.39, 0.29) is 0 Å². The summed E-state index contributed by atoms with van der Waals surface area (Å²) >= 11 is 1.40. The molecule has 0 aliphatic carbocycles. The van der Waals surface area contributed by atoms with Crippen LogP contribution in [0.25, 0.3) is 0 Å². The average Bonchev–Trinajstić information content (AvgIpc) is 2.18. The molecule has 0 N–H and O–H groups in total. The first kappa shape index (κ1) is 7.34. The first-order valence-electron chi connectivity index (χ1n) is 2.86. The molecule has 1 heterocycles. The topological polar surface area (TPSA) is 21.7 Å². The molecule has 0 spiro atoms. The molecule has 0 saturated carbocycles. The third kappa shape index (κ3) is 1.82. The second-order valence-corrected chi connectivity index (χ2v) is 2.98. The molecule has 1 aliphatic heterocycles. The van der Waals surface area contributed by atoms with Crippen molar-refractivity contribution >= 4 is 12.2 Å². The van der Waals surface area contributed by atoms with Gasteiger partial charge in [0.25, 0.3) is 0 Å². The van der Waals surface area contributed by atoms with Gasteiger partial charge in [0.15, 0.2) is 0 Å². The molecule has 1 saturated heterocycles. The van der Waals surface area contributed by atoms with E-state index in [9.17, 15) is 0 Å². The molecule has 0 aromatic rings. The Morgan fingerprint density at radius 3 is 3.11 bits per heavy atom. The highest BCUT2D eigenvalue weighted by molar-refractivity contribution is 7.92. The first-order chi connectivity index (χ1) is 4.34. The van der Waals surface area contributed by atoms with Gasteiger partial charge in [-0.15, -0.1) is 0 Å². The number of hydrogen-bond acceptors (Lipinski definition) is 4. The van der Waals surface area contributed by atoms with Crippen LogP contribution in [0.4, 0.5) is 0 Å². The van der Waals surface area contributed by atoms with E-state index in [0.717, 1.165) is 13.2 Å². The van der Waals surface area contributed by atoms with Crippen molar-refractivity contribution in [3.05, 3.63) is 0 Å². The summed E-state index contributed by atoms with van der Waals surface area (Å²) < 4.78 is 12.1. The zero-order valence-electron chi connectivity index (χ0n) is 5.66. The molecule has 0 aromatic carbocycles. The Bertz CT molecular complexity index is 91.0. The van der Waals surface area contributed by atoms with Crippen LogP contribution in [-0.2, 0) is 8.92 Å². The maximum absolute atomic E-state index is 5.08. The third-order valence-corrected chi connectivity index (χ3v) is 2.08. The number of nitrogens with zero attached hydrogens (tertiary/aromatic N) is 1. The van der Waals surface area contributed by atoms with Crippen LogP contribution < -0.4 is 0 Å². The maximum Gasteiger partial charge on any atom is 0.0821 e. The Morgan fingerprint density at radius 1 is 1.89 bits per heavy atom. The fraction of sp³-hybridized carbons (Fsp3) is 1.00. The lowest BCUT2D eigenvalue weighted by Crippen LogP contribution is -2.27. The standard InChI is InChI=1S/C5H11NO2S/c1-6-5(3-7-2)4-8-9-6/h5H,3-4H2,1-2H3. The predicted molar refractivity (Wildman–Crippen MR) is 37.0 cm³/mol. The number of hydrogen-bond donors (Lipinski definition) is 0. The van der Waals surface area contributed by atoms with Crippen molar-refractivity contribution in [3.63, 3.8) is 0 Å². The monoisotopic (exact) mass is 149 g/mol. The van der Waals surface area contributed by atoms with Gasteiger partial charge in [-0.05, 0) is 0 Å². The van der Waals surface area contributed by atoms with Gasteiger partial charge in [0.05, 0.1) is 31.5 Å². The molecule has 3 nitrogen and oxygen atoms in total. The van der Waals surface area contributed by atoms with Gasteiger partial charge in [0.1, 0.15) is 0 Å². The Labute approximate surface area is 59.6 Å². The molecule has 0 aromatic heterocycles. The van der Waals surface area contributed by atoms with Crippen LogP contribution in [0.15, 0.2) is 0 Å². The van der Waals surface area contributed by atoms with E-state index >= 15 is 0 Å². The van der Waals surface area contributed by atoms with Crippen molar-refractivity contribution in [3.8, 4) is 0 Å². The number of methoxy groups -OCH3 is 1. The summed E-state index contributed by atoms with van der Waals surface area (Å²) in [5.74, 6) is 0. The van der Waals surface area contributed by atoms with Crippen molar-refractivity contribution in [1.82, 2.24) is 4.31 Å². The molecule has 0 bridgehead atoms. The van der Waals surface area contributed by atoms with E-state index in [0.29, 0.717) is 6.04 Å². The molecule has 1 fully saturated rings. The maximum atomic E-state index is 5.08. The van der Waals surface area contributed by atoms with E-state index in [2.05, 4.69) is 4.31 Å². The zero-order chi connectivity index (χ0) is 6.69. The van der Waals surface area contributed by atoms with Gasteiger partial charge in [0, 0.05) is 14.2 Å². The van der Waals surface area contributed by atoms with Crippen molar-refractivity contribution in [2.45, 2.75) is 6.04 Å². The van der Waals surface area contributed by atoms with E-state index in [4.69, 9.17) is 8.92 Å². The largest absolute Gasteiger partial charge is 0.383 e. The van der Waals surface area contributed by atoms with Crippen molar-refractivity contribution < 1.29 is 8.92 Å². The average molecular weight is 149 g/mol. The highest BCUT2D eigenvalue weighted by Gasteiger charge is 2.22. The summed E-state index contributed by atoms with van der Waals surface area (Å²) in [7, 11) is 3.71. The minimum atomic E-state index is 0.431. The number of rotatable bonds is 2. The fourth-order valence-corrected chi connectivity index (χ4v) is 1.33. The molecule has 1 aliphatic rings. The molecule has 54 valence electrons. The van der Waals surface area contributed by atoms with E-state index in [1.807, 2.05) is 7.05 Å². The summed E-state index contributed by atoms with van der Waals surface area (Å²) in [5.41, 5.74) is 0. The summed E-state index contributed by atoms with van der Waals surface area (Å²) in [5, 5.41) is 0. The van der Waals surface area contributed by atoms with Crippen LogP contribution >= 0.6 is 12.2 Å². The molecular formula is C5H11NO2S. The van der Waals surface area contributed by atoms with Crippen LogP contribution in [0.2, 0.25) is 0 Å². The first-order valence-corrected chi connectivity index (χ1v) is 3.56. The molecule has 9 heavy (non-hydrogen) atoms. The van der Waals surface area contributed by atoms with Gasteiger partial charge in [-0.2, -0.15) is 0 Å². The lowest BCUT2D eigenvalue weighted by atomic mass is 10.3. The highest BCUT2D eigenvalue weighted by atomic mass is 32.2. The number of likely N-dealkylation sites (N-methyl/N-ethyl adjacent to an activating group) is 1.